The number of carbonyl (C=O) groups excluding carboxylic acids is 1. The Kier molecular flexibility index (Phi) is 7.37. The Morgan fingerprint density at radius 3 is 2.54 bits per heavy atom. The summed E-state index contributed by atoms with van der Waals surface area (Å²) in [6, 6.07) is 19.4. The van der Waals surface area contributed by atoms with Crippen molar-refractivity contribution in [2.24, 2.45) is 0 Å². The average molecular weight is 723 g/mol. The molecule has 1 N–H and O–H groups in total. The van der Waals surface area contributed by atoms with Gasteiger partial charge in [-0.1, -0.05) is 6.07 Å². The third kappa shape index (κ3) is 5.12. The number of nitrogens with one attached hydrogen (secondary N) is 1. The van der Waals surface area contributed by atoms with Crippen molar-refractivity contribution in [1.29, 1.82) is 0 Å². The summed E-state index contributed by atoms with van der Waals surface area (Å²) in [6.07, 6.45) is 2.26. The van der Waals surface area contributed by atoms with Gasteiger partial charge in [-0.05, 0) is 67.1 Å². The van der Waals surface area contributed by atoms with Crippen molar-refractivity contribution in [3.8, 4) is 22.6 Å². The third-order valence-corrected chi connectivity index (χ3v) is 11.4. The zero-order valence-corrected chi connectivity index (χ0v) is 29.2. The molecule has 2 atom stereocenters. The van der Waals surface area contributed by atoms with Gasteiger partial charge in [-0.25, -0.2) is 27.2 Å². The van der Waals surface area contributed by atoms with E-state index in [-0.39, 0.29) is 34.5 Å². The van der Waals surface area contributed by atoms with E-state index in [0.29, 0.717) is 68.9 Å². The summed E-state index contributed by atoms with van der Waals surface area (Å²) < 4.78 is 70.2. The lowest BCUT2D eigenvalue weighted by atomic mass is 10.0. The van der Waals surface area contributed by atoms with E-state index in [9.17, 15) is 17.6 Å². The van der Waals surface area contributed by atoms with Crippen LogP contribution in [0.3, 0.4) is 0 Å². The molecule has 4 aromatic heterocycles. The molecule has 0 radical (unpaired) electrons. The number of fused-ring (bicyclic) bond motifs is 8. The van der Waals surface area contributed by atoms with Crippen molar-refractivity contribution in [1.82, 2.24) is 24.6 Å². The molecule has 9 rings (SSSR count). The topological polar surface area (TPSA) is 122 Å². The fourth-order valence-corrected chi connectivity index (χ4v) is 8.12. The number of hydrogen-bond donors (Lipinski definition) is 1. The maximum atomic E-state index is 15.3. The van der Waals surface area contributed by atoms with Crippen LogP contribution in [0.4, 0.5) is 14.5 Å². The lowest BCUT2D eigenvalue weighted by molar-refractivity contribution is 0.0262. The van der Waals surface area contributed by atoms with Crippen LogP contribution in [0.15, 0.2) is 77.2 Å². The van der Waals surface area contributed by atoms with Crippen molar-refractivity contribution in [2.75, 3.05) is 37.8 Å². The van der Waals surface area contributed by atoms with Gasteiger partial charge in [0.1, 0.15) is 34.3 Å². The van der Waals surface area contributed by atoms with Crippen LogP contribution in [-0.4, -0.2) is 79.2 Å². The first-order chi connectivity index (χ1) is 25.0. The van der Waals surface area contributed by atoms with Crippen LogP contribution in [0.2, 0.25) is 0 Å². The molecule has 1 amide bonds. The number of aromatic nitrogens is 3. The van der Waals surface area contributed by atoms with Crippen molar-refractivity contribution < 1.29 is 31.1 Å². The first-order valence-electron chi connectivity index (χ1n) is 16.8. The summed E-state index contributed by atoms with van der Waals surface area (Å²) in [7, 11) is -0.867. The number of pyridine rings is 1. The van der Waals surface area contributed by atoms with Gasteiger partial charge in [-0.3, -0.25) is 18.4 Å². The van der Waals surface area contributed by atoms with E-state index in [1.54, 1.807) is 30.3 Å². The van der Waals surface area contributed by atoms with Crippen LogP contribution in [0.5, 0.6) is 0 Å². The highest BCUT2D eigenvalue weighted by Crippen LogP contribution is 2.42. The largest absolute Gasteiger partial charge is 0.455 e. The predicted molar refractivity (Wildman–Crippen MR) is 194 cm³/mol. The number of carbonyl (C=O) groups is 1. The zero-order chi connectivity index (χ0) is 36.1. The van der Waals surface area contributed by atoms with Crippen LogP contribution in [0.1, 0.15) is 22.6 Å². The van der Waals surface area contributed by atoms with E-state index in [0.717, 1.165) is 29.4 Å². The Morgan fingerprint density at radius 1 is 1.02 bits per heavy atom. The highest BCUT2D eigenvalue weighted by Gasteiger charge is 2.39. The van der Waals surface area contributed by atoms with Gasteiger partial charge in [0.25, 0.3) is 5.91 Å². The number of halogens is 2. The number of sulfonamides is 1. The number of likely N-dealkylation sites (tertiary alicyclic amines) is 1. The molecule has 52 heavy (non-hydrogen) atoms. The number of nitrogens with zero attached hydrogens (tertiary/aromatic N) is 5. The fourth-order valence-electron chi connectivity index (χ4n) is 7.61. The van der Waals surface area contributed by atoms with Crippen LogP contribution in [0, 0.1) is 11.6 Å². The molecule has 14 heteroatoms. The minimum atomic E-state index is -3.79. The second kappa shape index (κ2) is 11.8. The van der Waals surface area contributed by atoms with Gasteiger partial charge in [0, 0.05) is 54.6 Å². The monoisotopic (exact) mass is 722 g/mol. The van der Waals surface area contributed by atoms with Crippen LogP contribution < -0.4 is 9.62 Å². The molecule has 2 fully saturated rings. The smallest absolute Gasteiger partial charge is 0.255 e. The van der Waals surface area contributed by atoms with Crippen molar-refractivity contribution in [3.05, 3.63) is 95.8 Å². The SMILES string of the molecule is CNC(=O)c1c(-c2ccc(F)cc2)oc2cc(N(C)S(C)(=O)=O)c(-c3ccc4nc(CN5CC6CC5CO6)n5c6cccc(F)c6cc5c4n3)cc12. The number of benzene rings is 3. The quantitative estimate of drug-likeness (QED) is 0.209. The molecule has 2 unspecified atom stereocenters. The fraction of sp³-hybridized carbons (Fsp3) is 0.237. The normalized spacial score (nSPS) is 17.6. The van der Waals surface area contributed by atoms with Crippen molar-refractivity contribution in [2.45, 2.75) is 25.1 Å². The highest BCUT2D eigenvalue weighted by molar-refractivity contribution is 7.92. The first-order valence-corrected chi connectivity index (χ1v) is 18.6. The second-order valence-electron chi connectivity index (χ2n) is 13.4. The van der Waals surface area contributed by atoms with Crippen LogP contribution in [-0.2, 0) is 21.3 Å². The average Bonchev–Trinajstić information content (AvgIpc) is 3.93. The molecule has 264 valence electrons. The van der Waals surface area contributed by atoms with Gasteiger partial charge in [-0.15, -0.1) is 0 Å². The molecule has 2 bridgehead atoms. The Bertz CT molecular complexity index is 2730. The number of morpholine rings is 1. The lowest BCUT2D eigenvalue weighted by Crippen LogP contribution is -2.37. The van der Waals surface area contributed by atoms with E-state index in [4.69, 9.17) is 19.1 Å². The Labute approximate surface area is 296 Å². The molecule has 7 aromatic rings. The zero-order valence-electron chi connectivity index (χ0n) is 28.4. The predicted octanol–water partition coefficient (Wildman–Crippen LogP) is 6.12. The lowest BCUT2D eigenvalue weighted by Gasteiger charge is -2.26. The second-order valence-corrected chi connectivity index (χ2v) is 15.4. The Balaban J connectivity index is 1.29. The van der Waals surface area contributed by atoms with Crippen molar-refractivity contribution in [3.63, 3.8) is 0 Å². The highest BCUT2D eigenvalue weighted by atomic mass is 32.2. The molecule has 0 spiro atoms. The molecule has 0 aliphatic carbocycles. The molecule has 2 saturated heterocycles. The number of amides is 1. The van der Waals surface area contributed by atoms with Crippen LogP contribution in [0.25, 0.3) is 61.0 Å². The van der Waals surface area contributed by atoms with E-state index >= 15 is 4.39 Å². The third-order valence-electron chi connectivity index (χ3n) is 10.3. The maximum absolute atomic E-state index is 15.3. The Morgan fingerprint density at radius 2 is 1.83 bits per heavy atom. The number of rotatable bonds is 7. The van der Waals surface area contributed by atoms with Gasteiger partial charge in [0.15, 0.2) is 0 Å². The molecule has 2 aliphatic heterocycles. The van der Waals surface area contributed by atoms with Crippen molar-refractivity contribution >= 4 is 60.0 Å². The molecule has 6 heterocycles. The van der Waals surface area contributed by atoms with Gasteiger partial charge >= 0.3 is 0 Å². The molecular formula is C38H32F2N6O5S. The van der Waals surface area contributed by atoms with Gasteiger partial charge < -0.3 is 14.5 Å². The minimum Gasteiger partial charge on any atom is -0.455 e. The maximum Gasteiger partial charge on any atom is 0.255 e. The van der Waals surface area contributed by atoms with E-state index in [1.807, 2.05) is 16.5 Å². The molecular weight excluding hydrogens is 691 g/mol. The van der Waals surface area contributed by atoms with Crippen LogP contribution >= 0.6 is 0 Å². The standard InChI is InChI=1S/C38H32F2N6O5S/c1-41-38(47)35-26-14-25(31(44(2)52(3,48)49)16-33(26)51-37(35)20-7-9-21(39)10-8-20)28-11-12-29-36(43-28)32-15-24-27(40)5-4-6-30(24)46(32)34(42-29)18-45-17-23-13-22(45)19-50-23/h4-12,14-16,22-23H,13,17-19H2,1-3H3,(H,41,47). The molecule has 3 aromatic carbocycles. The summed E-state index contributed by atoms with van der Waals surface area (Å²) >= 11 is 0. The number of hydrogen-bond acceptors (Lipinski definition) is 8. The Hall–Kier alpha value is -5.44. The van der Waals surface area contributed by atoms with Gasteiger partial charge in [-0.2, -0.15) is 0 Å². The minimum absolute atomic E-state index is 0.197. The summed E-state index contributed by atoms with van der Waals surface area (Å²) in [5.74, 6) is -0.325. The van der Waals surface area contributed by atoms with Gasteiger partial charge in [0.05, 0.1) is 59.0 Å². The summed E-state index contributed by atoms with van der Waals surface area (Å²) in [6.45, 7) is 2.01. The summed E-state index contributed by atoms with van der Waals surface area (Å²) in [4.78, 5) is 25.9. The number of ether oxygens (including phenoxy) is 1. The number of anilines is 1. The van der Waals surface area contributed by atoms with E-state index in [2.05, 4.69) is 10.2 Å². The summed E-state index contributed by atoms with van der Waals surface area (Å²) in [5, 5.41) is 3.49. The van der Waals surface area contributed by atoms with E-state index in [1.165, 1.54) is 44.4 Å². The molecule has 2 aliphatic rings. The first kappa shape index (κ1) is 32.5. The van der Waals surface area contributed by atoms with E-state index < -0.39 is 21.7 Å². The number of furan rings is 1. The van der Waals surface area contributed by atoms with Gasteiger partial charge in [0.2, 0.25) is 10.0 Å². The molecule has 0 saturated carbocycles. The summed E-state index contributed by atoms with van der Waals surface area (Å²) in [5.41, 5.74) is 4.33. The molecule has 11 nitrogen and oxygen atoms in total.